The molecule has 0 amide bonds. The molecule has 5 heteroatoms. The first-order valence-electron chi connectivity index (χ1n) is 6.96. The highest BCUT2D eigenvalue weighted by atomic mass is 15.3. The van der Waals surface area contributed by atoms with E-state index >= 15 is 0 Å². The second kappa shape index (κ2) is 4.72. The largest absolute Gasteiger partial charge is 0.353 e. The minimum atomic E-state index is 0.567. The lowest BCUT2D eigenvalue weighted by molar-refractivity contribution is 0.740. The van der Waals surface area contributed by atoms with Gasteiger partial charge in [-0.1, -0.05) is 12.8 Å². The van der Waals surface area contributed by atoms with Crippen LogP contribution in [0.25, 0.3) is 5.69 Å². The van der Waals surface area contributed by atoms with E-state index in [1.54, 1.807) is 0 Å². The van der Waals surface area contributed by atoms with Gasteiger partial charge in [0.1, 0.15) is 0 Å². The molecule has 0 unspecified atom stereocenters. The van der Waals surface area contributed by atoms with Gasteiger partial charge in [0.2, 0.25) is 5.95 Å². The van der Waals surface area contributed by atoms with Crippen LogP contribution in [0.4, 0.5) is 5.95 Å². The number of hydrogen-bond donors (Lipinski definition) is 1. The molecule has 1 aliphatic carbocycles. The van der Waals surface area contributed by atoms with Crippen LogP contribution in [0.5, 0.6) is 0 Å². The molecule has 19 heavy (non-hydrogen) atoms. The highest BCUT2D eigenvalue weighted by molar-refractivity contribution is 5.45. The van der Waals surface area contributed by atoms with Gasteiger partial charge in [-0.3, -0.25) is 9.25 Å². The van der Waals surface area contributed by atoms with E-state index in [9.17, 15) is 0 Å². The molecule has 0 saturated heterocycles. The number of aromatic nitrogens is 4. The van der Waals surface area contributed by atoms with Gasteiger partial charge in [-0.25, -0.2) is 4.98 Å². The van der Waals surface area contributed by atoms with Crippen molar-refractivity contribution in [1.29, 1.82) is 0 Å². The lowest BCUT2D eigenvalue weighted by atomic mass is 10.2. The normalized spacial score (nSPS) is 16.2. The maximum absolute atomic E-state index is 4.62. The number of hydrogen-bond acceptors (Lipinski definition) is 3. The molecule has 1 saturated carbocycles. The van der Waals surface area contributed by atoms with Crippen molar-refractivity contribution < 1.29 is 0 Å². The number of aryl methyl sites for hydroxylation is 3. The summed E-state index contributed by atoms with van der Waals surface area (Å²) in [5.41, 5.74) is 3.15. The molecule has 0 aliphatic heterocycles. The third-order valence-electron chi connectivity index (χ3n) is 3.76. The summed E-state index contributed by atoms with van der Waals surface area (Å²) in [6, 6.07) is 0.567. The highest BCUT2D eigenvalue weighted by Crippen LogP contribution is 2.24. The zero-order chi connectivity index (χ0) is 13.4. The Morgan fingerprint density at radius 1 is 1.21 bits per heavy atom. The zero-order valence-electron chi connectivity index (χ0n) is 11.8. The van der Waals surface area contributed by atoms with E-state index in [1.807, 2.05) is 31.8 Å². The molecule has 0 atom stereocenters. The summed E-state index contributed by atoms with van der Waals surface area (Å²) in [6.07, 6.45) is 9.25. The fourth-order valence-corrected chi connectivity index (χ4v) is 2.86. The molecule has 5 nitrogen and oxygen atoms in total. The molecule has 0 spiro atoms. The SMILES string of the molecule is Cc1cn(-c2cn(C)nc2C)c(NC2CCCC2)n1. The lowest BCUT2D eigenvalue weighted by Gasteiger charge is -2.14. The van der Waals surface area contributed by atoms with E-state index in [4.69, 9.17) is 0 Å². The number of imidazole rings is 1. The Kier molecular flexibility index (Phi) is 3.05. The van der Waals surface area contributed by atoms with Gasteiger partial charge < -0.3 is 5.32 Å². The lowest BCUT2D eigenvalue weighted by Crippen LogP contribution is -2.17. The molecule has 102 valence electrons. The van der Waals surface area contributed by atoms with Crippen molar-refractivity contribution in [3.05, 3.63) is 23.8 Å². The van der Waals surface area contributed by atoms with Crippen LogP contribution in [0, 0.1) is 13.8 Å². The first-order valence-corrected chi connectivity index (χ1v) is 6.96. The predicted octanol–water partition coefficient (Wildman–Crippen LogP) is 2.58. The van der Waals surface area contributed by atoms with E-state index in [0.29, 0.717) is 6.04 Å². The third-order valence-corrected chi connectivity index (χ3v) is 3.76. The Labute approximate surface area is 113 Å². The first kappa shape index (κ1) is 12.3. The maximum Gasteiger partial charge on any atom is 0.208 e. The second-order valence-electron chi connectivity index (χ2n) is 5.48. The van der Waals surface area contributed by atoms with Crippen molar-refractivity contribution in [3.63, 3.8) is 0 Å². The standard InChI is InChI=1S/C14H21N5/c1-10-8-19(13-9-18(3)17-11(13)2)14(15-10)16-12-6-4-5-7-12/h8-9,12H,4-7H2,1-3H3,(H,15,16). The Balaban J connectivity index is 1.94. The number of rotatable bonds is 3. The van der Waals surface area contributed by atoms with Gasteiger partial charge in [0.25, 0.3) is 0 Å². The summed E-state index contributed by atoms with van der Waals surface area (Å²) in [5.74, 6) is 0.945. The fraction of sp³-hybridized carbons (Fsp3) is 0.571. The van der Waals surface area contributed by atoms with Crippen molar-refractivity contribution in [2.45, 2.75) is 45.6 Å². The molecule has 3 rings (SSSR count). The third kappa shape index (κ3) is 2.37. The van der Waals surface area contributed by atoms with E-state index < -0.39 is 0 Å². The molecule has 2 heterocycles. The fourth-order valence-electron chi connectivity index (χ4n) is 2.86. The summed E-state index contributed by atoms with van der Waals surface area (Å²) >= 11 is 0. The van der Waals surface area contributed by atoms with E-state index in [1.165, 1.54) is 25.7 Å². The number of anilines is 1. The molecule has 1 N–H and O–H groups in total. The zero-order valence-corrected chi connectivity index (χ0v) is 11.8. The van der Waals surface area contributed by atoms with Crippen LogP contribution in [0.1, 0.15) is 37.1 Å². The van der Waals surface area contributed by atoms with Gasteiger partial charge in [-0.15, -0.1) is 0 Å². The van der Waals surface area contributed by atoms with Gasteiger partial charge >= 0.3 is 0 Å². The predicted molar refractivity (Wildman–Crippen MR) is 75.7 cm³/mol. The van der Waals surface area contributed by atoms with Crippen LogP contribution in [-0.4, -0.2) is 25.4 Å². The molecule has 0 radical (unpaired) electrons. The van der Waals surface area contributed by atoms with Crippen LogP contribution in [0.15, 0.2) is 12.4 Å². The Hall–Kier alpha value is -1.78. The monoisotopic (exact) mass is 259 g/mol. The highest BCUT2D eigenvalue weighted by Gasteiger charge is 2.18. The molecule has 1 fully saturated rings. The minimum absolute atomic E-state index is 0.567. The average Bonchev–Trinajstić information content (AvgIpc) is 3.02. The summed E-state index contributed by atoms with van der Waals surface area (Å²) in [7, 11) is 1.95. The molecular weight excluding hydrogens is 238 g/mol. The van der Waals surface area contributed by atoms with E-state index in [-0.39, 0.29) is 0 Å². The van der Waals surface area contributed by atoms with Crippen molar-refractivity contribution in [2.24, 2.45) is 7.05 Å². The number of nitrogens with zero attached hydrogens (tertiary/aromatic N) is 4. The quantitative estimate of drug-likeness (QED) is 0.921. The van der Waals surface area contributed by atoms with Crippen molar-refractivity contribution in [1.82, 2.24) is 19.3 Å². The minimum Gasteiger partial charge on any atom is -0.353 e. The van der Waals surface area contributed by atoms with Crippen LogP contribution in [0.3, 0.4) is 0 Å². The van der Waals surface area contributed by atoms with Crippen molar-refractivity contribution in [3.8, 4) is 5.69 Å². The van der Waals surface area contributed by atoms with Crippen LogP contribution in [-0.2, 0) is 7.05 Å². The molecular formula is C14H21N5. The Morgan fingerprint density at radius 3 is 2.58 bits per heavy atom. The molecule has 2 aromatic rings. The van der Waals surface area contributed by atoms with E-state index in [0.717, 1.165) is 23.0 Å². The van der Waals surface area contributed by atoms with Gasteiger partial charge in [-0.2, -0.15) is 5.10 Å². The van der Waals surface area contributed by atoms with Crippen LogP contribution in [0.2, 0.25) is 0 Å². The molecule has 0 aromatic carbocycles. The van der Waals surface area contributed by atoms with E-state index in [2.05, 4.69) is 26.2 Å². The molecule has 0 bridgehead atoms. The summed E-state index contributed by atoms with van der Waals surface area (Å²) < 4.78 is 3.97. The summed E-state index contributed by atoms with van der Waals surface area (Å²) in [6.45, 7) is 4.06. The van der Waals surface area contributed by atoms with Crippen molar-refractivity contribution >= 4 is 5.95 Å². The topological polar surface area (TPSA) is 47.7 Å². The average molecular weight is 259 g/mol. The van der Waals surface area contributed by atoms with Gasteiger partial charge in [0, 0.05) is 25.5 Å². The summed E-state index contributed by atoms with van der Waals surface area (Å²) in [4.78, 5) is 4.62. The first-order chi connectivity index (χ1) is 9.13. The van der Waals surface area contributed by atoms with Crippen molar-refractivity contribution in [2.75, 3.05) is 5.32 Å². The van der Waals surface area contributed by atoms with Crippen LogP contribution >= 0.6 is 0 Å². The van der Waals surface area contributed by atoms with Gasteiger partial charge in [-0.05, 0) is 26.7 Å². The van der Waals surface area contributed by atoms with Crippen LogP contribution < -0.4 is 5.32 Å². The second-order valence-corrected chi connectivity index (χ2v) is 5.48. The Morgan fingerprint density at radius 2 is 1.95 bits per heavy atom. The number of nitrogens with one attached hydrogen (secondary N) is 1. The molecule has 1 aliphatic rings. The van der Waals surface area contributed by atoms with Gasteiger partial charge in [0.15, 0.2) is 0 Å². The molecule has 2 aromatic heterocycles. The van der Waals surface area contributed by atoms with Gasteiger partial charge in [0.05, 0.1) is 17.1 Å². The smallest absolute Gasteiger partial charge is 0.208 e. The maximum atomic E-state index is 4.62. The Bertz CT molecular complexity index is 575. The summed E-state index contributed by atoms with van der Waals surface area (Å²) in [5, 5.41) is 7.99.